The number of carbonyl (C=O) groups is 3. The predicted molar refractivity (Wildman–Crippen MR) is 77.5 cm³/mol. The Morgan fingerprint density at radius 3 is 2.52 bits per heavy atom. The summed E-state index contributed by atoms with van der Waals surface area (Å²) in [5.41, 5.74) is 0. The number of esters is 1. The van der Waals surface area contributed by atoms with Crippen LogP contribution in [0, 0.1) is 0 Å². The molecule has 0 aliphatic carbocycles. The Bertz CT molecular complexity index is 400. The quantitative estimate of drug-likeness (QED) is 0.676. The number of hydrogen-bond acceptors (Lipinski definition) is 5. The Labute approximate surface area is 125 Å². The molecule has 1 saturated heterocycles. The van der Waals surface area contributed by atoms with Crippen LogP contribution < -0.4 is 5.32 Å². The van der Waals surface area contributed by atoms with E-state index in [9.17, 15) is 14.4 Å². The third-order valence-corrected chi connectivity index (χ3v) is 3.71. The zero-order chi connectivity index (χ0) is 16.0. The van der Waals surface area contributed by atoms with E-state index in [1.807, 2.05) is 14.0 Å². The molecular weight excluding hydrogens is 274 g/mol. The summed E-state index contributed by atoms with van der Waals surface area (Å²) in [6.45, 7) is 5.53. The lowest BCUT2D eigenvalue weighted by molar-refractivity contribution is -0.146. The molecule has 2 amide bonds. The molecule has 0 aromatic heterocycles. The lowest BCUT2D eigenvalue weighted by Gasteiger charge is -2.31. The second kappa shape index (κ2) is 7.97. The lowest BCUT2D eigenvalue weighted by Crippen LogP contribution is -2.52. The summed E-state index contributed by atoms with van der Waals surface area (Å²) in [7, 11) is 3.28. The van der Waals surface area contributed by atoms with E-state index in [1.54, 1.807) is 4.90 Å². The number of nitrogens with zero attached hydrogens (tertiary/aromatic N) is 2. The van der Waals surface area contributed by atoms with E-state index in [2.05, 4.69) is 15.0 Å². The molecule has 0 bridgehead atoms. The van der Waals surface area contributed by atoms with E-state index in [0.29, 0.717) is 6.54 Å². The van der Waals surface area contributed by atoms with E-state index in [0.717, 1.165) is 19.5 Å². The third kappa shape index (κ3) is 5.00. The molecule has 0 spiro atoms. The van der Waals surface area contributed by atoms with E-state index in [4.69, 9.17) is 0 Å². The highest BCUT2D eigenvalue weighted by Crippen LogP contribution is 2.16. The van der Waals surface area contributed by atoms with Gasteiger partial charge in [0.05, 0.1) is 13.5 Å². The topological polar surface area (TPSA) is 79.0 Å². The van der Waals surface area contributed by atoms with Crippen molar-refractivity contribution in [1.29, 1.82) is 0 Å². The number of rotatable bonds is 6. The van der Waals surface area contributed by atoms with Gasteiger partial charge in [0.2, 0.25) is 11.8 Å². The maximum atomic E-state index is 12.6. The fourth-order valence-electron chi connectivity index (χ4n) is 2.66. The van der Waals surface area contributed by atoms with Crippen LogP contribution in [0.15, 0.2) is 0 Å². The van der Waals surface area contributed by atoms with Gasteiger partial charge in [-0.25, -0.2) is 0 Å². The van der Waals surface area contributed by atoms with Crippen LogP contribution >= 0.6 is 0 Å². The van der Waals surface area contributed by atoms with Crippen molar-refractivity contribution in [3.05, 3.63) is 0 Å². The first-order chi connectivity index (χ1) is 9.88. The van der Waals surface area contributed by atoms with Gasteiger partial charge < -0.3 is 19.9 Å². The highest BCUT2D eigenvalue weighted by molar-refractivity contribution is 5.90. The summed E-state index contributed by atoms with van der Waals surface area (Å²) in [5.74, 6) is -1.07. The molecule has 120 valence electrons. The van der Waals surface area contributed by atoms with Gasteiger partial charge in [0.25, 0.3) is 0 Å². The van der Waals surface area contributed by atoms with Crippen LogP contribution in [-0.4, -0.2) is 73.5 Å². The van der Waals surface area contributed by atoms with E-state index >= 15 is 0 Å². The Balaban J connectivity index is 2.80. The SMILES string of the molecule is CCN(C(=O)C(CC(=O)OC)NC(C)=O)C1CCN(C)C1. The number of methoxy groups -OCH3 is 1. The van der Waals surface area contributed by atoms with Gasteiger partial charge in [-0.3, -0.25) is 14.4 Å². The maximum absolute atomic E-state index is 12.6. The Morgan fingerprint density at radius 1 is 1.43 bits per heavy atom. The van der Waals surface area contributed by atoms with Crippen LogP contribution in [-0.2, 0) is 19.1 Å². The average Bonchev–Trinajstić information content (AvgIpc) is 2.84. The number of carbonyl (C=O) groups excluding carboxylic acids is 3. The largest absolute Gasteiger partial charge is 0.469 e. The number of nitrogens with one attached hydrogen (secondary N) is 1. The van der Waals surface area contributed by atoms with Gasteiger partial charge in [0, 0.05) is 26.1 Å². The minimum atomic E-state index is -0.860. The van der Waals surface area contributed by atoms with Crippen LogP contribution in [0.2, 0.25) is 0 Å². The second-order valence-electron chi connectivity index (χ2n) is 5.36. The first-order valence-corrected chi connectivity index (χ1v) is 7.22. The summed E-state index contributed by atoms with van der Waals surface area (Å²) in [5, 5.41) is 2.55. The molecular formula is C14H25N3O4. The zero-order valence-corrected chi connectivity index (χ0v) is 13.2. The van der Waals surface area contributed by atoms with Gasteiger partial charge in [0.15, 0.2) is 0 Å². The van der Waals surface area contributed by atoms with Gasteiger partial charge in [0.1, 0.15) is 6.04 Å². The van der Waals surface area contributed by atoms with Gasteiger partial charge in [-0.1, -0.05) is 0 Å². The highest BCUT2D eigenvalue weighted by atomic mass is 16.5. The minimum absolute atomic E-state index is 0.126. The van der Waals surface area contributed by atoms with Crippen molar-refractivity contribution in [2.75, 3.05) is 33.8 Å². The minimum Gasteiger partial charge on any atom is -0.469 e. The van der Waals surface area contributed by atoms with Gasteiger partial charge in [-0.2, -0.15) is 0 Å². The van der Waals surface area contributed by atoms with Crippen molar-refractivity contribution in [3.63, 3.8) is 0 Å². The normalized spacial score (nSPS) is 19.9. The molecule has 21 heavy (non-hydrogen) atoms. The summed E-state index contributed by atoms with van der Waals surface area (Å²) in [4.78, 5) is 39.3. The van der Waals surface area contributed by atoms with Crippen LogP contribution in [0.1, 0.15) is 26.7 Å². The molecule has 1 aliphatic heterocycles. The predicted octanol–water partition coefficient (Wildman–Crippen LogP) is -0.393. The average molecular weight is 299 g/mol. The zero-order valence-electron chi connectivity index (χ0n) is 13.2. The number of likely N-dealkylation sites (tertiary alicyclic amines) is 1. The van der Waals surface area contributed by atoms with Gasteiger partial charge >= 0.3 is 5.97 Å². The molecule has 7 heteroatoms. The number of amides is 2. The molecule has 0 aromatic rings. The molecule has 1 fully saturated rings. The highest BCUT2D eigenvalue weighted by Gasteiger charge is 2.33. The van der Waals surface area contributed by atoms with Crippen molar-refractivity contribution in [1.82, 2.24) is 15.1 Å². The summed E-state index contributed by atoms with van der Waals surface area (Å²) in [6, 6.07) is -0.734. The molecule has 1 rings (SSSR count). The van der Waals surface area contributed by atoms with Gasteiger partial charge in [-0.15, -0.1) is 0 Å². The maximum Gasteiger partial charge on any atom is 0.308 e. The molecule has 1 aliphatic rings. The van der Waals surface area contributed by atoms with Crippen molar-refractivity contribution in [2.24, 2.45) is 0 Å². The molecule has 7 nitrogen and oxygen atoms in total. The molecule has 0 saturated carbocycles. The van der Waals surface area contributed by atoms with Crippen molar-refractivity contribution < 1.29 is 19.1 Å². The Hall–Kier alpha value is -1.63. The number of ether oxygens (including phenoxy) is 1. The summed E-state index contributed by atoms with van der Waals surface area (Å²) in [6.07, 6.45) is 0.759. The smallest absolute Gasteiger partial charge is 0.308 e. The van der Waals surface area contributed by atoms with Crippen molar-refractivity contribution >= 4 is 17.8 Å². The monoisotopic (exact) mass is 299 g/mol. The molecule has 0 radical (unpaired) electrons. The van der Waals surface area contributed by atoms with Gasteiger partial charge in [-0.05, 0) is 26.9 Å². The fourth-order valence-corrected chi connectivity index (χ4v) is 2.66. The molecule has 2 atom stereocenters. The van der Waals surface area contributed by atoms with Crippen LogP contribution in [0.4, 0.5) is 0 Å². The van der Waals surface area contributed by atoms with E-state index in [1.165, 1.54) is 14.0 Å². The first kappa shape index (κ1) is 17.4. The second-order valence-corrected chi connectivity index (χ2v) is 5.36. The number of likely N-dealkylation sites (N-methyl/N-ethyl adjacent to an activating group) is 2. The van der Waals surface area contributed by atoms with Crippen molar-refractivity contribution in [3.8, 4) is 0 Å². The van der Waals surface area contributed by atoms with Crippen molar-refractivity contribution in [2.45, 2.75) is 38.8 Å². The van der Waals surface area contributed by atoms with Crippen LogP contribution in [0.25, 0.3) is 0 Å². The van der Waals surface area contributed by atoms with E-state index in [-0.39, 0.29) is 24.3 Å². The molecule has 2 unspecified atom stereocenters. The number of hydrogen-bond donors (Lipinski definition) is 1. The lowest BCUT2D eigenvalue weighted by atomic mass is 10.1. The third-order valence-electron chi connectivity index (χ3n) is 3.71. The van der Waals surface area contributed by atoms with Crippen LogP contribution in [0.5, 0.6) is 0 Å². The van der Waals surface area contributed by atoms with Crippen LogP contribution in [0.3, 0.4) is 0 Å². The molecule has 1 N–H and O–H groups in total. The molecule has 1 heterocycles. The fraction of sp³-hybridized carbons (Fsp3) is 0.786. The summed E-state index contributed by atoms with van der Waals surface area (Å²) >= 11 is 0. The first-order valence-electron chi connectivity index (χ1n) is 7.22. The van der Waals surface area contributed by atoms with E-state index < -0.39 is 12.0 Å². The standard InChI is InChI=1S/C14H25N3O4/c1-5-17(11-6-7-16(3)9-11)14(20)12(15-10(2)18)8-13(19)21-4/h11-12H,5-9H2,1-4H3,(H,15,18). The Morgan fingerprint density at radius 2 is 2.10 bits per heavy atom. The summed E-state index contributed by atoms with van der Waals surface area (Å²) < 4.78 is 4.60. The molecule has 0 aromatic carbocycles. The Kier molecular flexibility index (Phi) is 6.61.